The molecule has 1 atom stereocenters. The van der Waals surface area contributed by atoms with E-state index < -0.39 is 43.0 Å². The zero-order valence-corrected chi connectivity index (χ0v) is 42.4. The highest BCUT2D eigenvalue weighted by molar-refractivity contribution is 7.92. The number of rotatable bonds is 11. The fraction of sp³-hybridized carbons (Fsp3) is 0.340. The molecule has 0 saturated carbocycles. The summed E-state index contributed by atoms with van der Waals surface area (Å²) in [5.41, 5.74) is 3.38. The predicted molar refractivity (Wildman–Crippen MR) is 266 cm³/mol. The first-order chi connectivity index (χ1) is 32.9. The zero-order valence-electron chi connectivity index (χ0n) is 40.7. The molecular formula is C50H56N10O8S2. The SMILES string of the molecule is Cc1ccc(S(=O)(=O)Nc2nc(-c3ccc([C@@H](C)NC(=O)c4nc(C(C)(C)C)no4)c(C)c3)c3cc(-c4ccc(N5CCN(C(=O)OC(C)(C)C)CC5)nc4)n(S(=O)(=O)c4ccc(C)cc4)c3n2)cc1. The highest BCUT2D eigenvalue weighted by atomic mass is 32.2. The lowest BCUT2D eigenvalue weighted by atomic mass is 9.96. The minimum absolute atomic E-state index is 0.0300. The van der Waals surface area contributed by atoms with Crippen LogP contribution in [0.25, 0.3) is 33.5 Å². The van der Waals surface area contributed by atoms with Crippen LogP contribution in [0, 0.1) is 20.8 Å². The first kappa shape index (κ1) is 49.2. The Balaban J connectivity index is 1.23. The molecule has 70 heavy (non-hydrogen) atoms. The molecule has 0 spiro atoms. The molecule has 0 unspecified atom stereocenters. The summed E-state index contributed by atoms with van der Waals surface area (Å²) in [5, 5.41) is 7.19. The number of sulfonamides is 1. The van der Waals surface area contributed by atoms with E-state index in [1.54, 1.807) is 59.6 Å². The minimum atomic E-state index is -4.46. The van der Waals surface area contributed by atoms with Gasteiger partial charge in [-0.15, -0.1) is 0 Å². The van der Waals surface area contributed by atoms with E-state index in [9.17, 15) is 18.0 Å². The van der Waals surface area contributed by atoms with Gasteiger partial charge in [0, 0.05) is 54.3 Å². The topological polar surface area (TPSA) is 225 Å². The van der Waals surface area contributed by atoms with Crippen LogP contribution < -0.4 is 14.9 Å². The number of anilines is 2. The van der Waals surface area contributed by atoms with Gasteiger partial charge in [0.1, 0.15) is 11.4 Å². The monoisotopic (exact) mass is 988 g/mol. The molecule has 0 bridgehead atoms. The van der Waals surface area contributed by atoms with E-state index in [0.29, 0.717) is 54.3 Å². The Morgan fingerprint density at radius 3 is 1.96 bits per heavy atom. The first-order valence-electron chi connectivity index (χ1n) is 22.7. The van der Waals surface area contributed by atoms with Gasteiger partial charge in [-0.1, -0.05) is 73.5 Å². The molecule has 1 saturated heterocycles. The number of aromatic nitrogens is 6. The lowest BCUT2D eigenvalue weighted by molar-refractivity contribution is 0.0240. The first-order valence-corrected chi connectivity index (χ1v) is 25.6. The number of fused-ring (bicyclic) bond motifs is 1. The molecule has 0 radical (unpaired) electrons. The summed E-state index contributed by atoms with van der Waals surface area (Å²) in [7, 11) is -8.74. The Hall–Kier alpha value is -7.19. The van der Waals surface area contributed by atoms with Gasteiger partial charge in [-0.25, -0.2) is 40.3 Å². The van der Waals surface area contributed by atoms with E-state index in [0.717, 1.165) is 26.2 Å². The molecular weight excluding hydrogens is 933 g/mol. The number of hydrogen-bond acceptors (Lipinski definition) is 14. The van der Waals surface area contributed by atoms with E-state index in [4.69, 9.17) is 19.2 Å². The Morgan fingerprint density at radius 1 is 0.757 bits per heavy atom. The summed E-state index contributed by atoms with van der Waals surface area (Å²) >= 11 is 0. The molecule has 3 aromatic carbocycles. The van der Waals surface area contributed by atoms with Crippen molar-refractivity contribution in [1.29, 1.82) is 0 Å². The molecule has 2 N–H and O–H groups in total. The summed E-state index contributed by atoms with van der Waals surface area (Å²) in [6.07, 6.45) is 1.19. The molecule has 8 rings (SSSR count). The maximum Gasteiger partial charge on any atom is 0.410 e. The van der Waals surface area contributed by atoms with Gasteiger partial charge in [0.2, 0.25) is 5.95 Å². The normalized spacial score (nSPS) is 14.1. The lowest BCUT2D eigenvalue weighted by Crippen LogP contribution is -2.50. The number of nitrogens with one attached hydrogen (secondary N) is 2. The van der Waals surface area contributed by atoms with Crippen LogP contribution in [0.2, 0.25) is 0 Å². The van der Waals surface area contributed by atoms with E-state index in [1.807, 2.05) is 86.3 Å². The van der Waals surface area contributed by atoms with Crippen molar-refractivity contribution in [2.45, 2.75) is 96.1 Å². The van der Waals surface area contributed by atoms with Gasteiger partial charge in [-0.3, -0.25) is 4.79 Å². The number of carbonyl (C=O) groups is 2. The Labute approximate surface area is 407 Å². The average molecular weight is 989 g/mol. The van der Waals surface area contributed by atoms with Gasteiger partial charge in [0.05, 0.1) is 27.2 Å². The van der Waals surface area contributed by atoms with E-state index in [1.165, 1.54) is 24.3 Å². The third kappa shape index (κ3) is 10.4. The van der Waals surface area contributed by atoms with Gasteiger partial charge in [-0.05, 0) is 108 Å². The van der Waals surface area contributed by atoms with Gasteiger partial charge >= 0.3 is 17.9 Å². The third-order valence-corrected chi connectivity index (χ3v) is 14.7. The number of nitrogens with zero attached hydrogens (tertiary/aromatic N) is 8. The van der Waals surface area contributed by atoms with E-state index in [2.05, 4.69) is 25.2 Å². The zero-order chi connectivity index (χ0) is 50.5. The number of pyridine rings is 1. The number of amides is 2. The molecule has 2 amide bonds. The Kier molecular flexibility index (Phi) is 13.1. The third-order valence-electron chi connectivity index (χ3n) is 11.7. The van der Waals surface area contributed by atoms with Crippen LogP contribution in [0.4, 0.5) is 16.6 Å². The molecule has 1 fully saturated rings. The van der Waals surface area contributed by atoms with Crippen LogP contribution in [0.15, 0.2) is 105 Å². The van der Waals surface area contributed by atoms with Crippen molar-refractivity contribution in [3.8, 4) is 22.5 Å². The van der Waals surface area contributed by atoms with Crippen molar-refractivity contribution in [3.05, 3.63) is 125 Å². The number of benzene rings is 3. The van der Waals surface area contributed by atoms with Crippen LogP contribution in [0.3, 0.4) is 0 Å². The fourth-order valence-electron chi connectivity index (χ4n) is 7.91. The number of carbonyl (C=O) groups excluding carboxylic acids is 2. The van der Waals surface area contributed by atoms with Crippen molar-refractivity contribution in [2.24, 2.45) is 0 Å². The quantitative estimate of drug-likeness (QED) is 0.124. The number of hydrogen-bond donors (Lipinski definition) is 2. The standard InChI is InChI=1S/C50H56N10O8S2/c1-30-11-17-36(18-12-30)69(63,64)57-47-53-42(34-15-21-38(32(3)27-34)33(4)52-44(61)45-55-46(56-68-45)49(5,6)7)39-28-40(60(43(39)54-47)70(65,66)37-19-13-31(2)14-20-37)35-16-22-41(51-29-35)58-23-25-59(26-24-58)48(62)67-50(8,9)10/h11-22,27-29,33H,23-26H2,1-10H3,(H,52,61)(H,53,54,57)/t33-/m1/s1. The van der Waals surface area contributed by atoms with Crippen LogP contribution in [0.1, 0.15) is 93.3 Å². The summed E-state index contributed by atoms with van der Waals surface area (Å²) < 4.78 is 72.4. The number of ether oxygens (including phenoxy) is 1. The highest BCUT2D eigenvalue weighted by Gasteiger charge is 2.31. The second kappa shape index (κ2) is 18.6. The summed E-state index contributed by atoms with van der Waals surface area (Å²) in [6, 6.07) is 22.7. The second-order valence-electron chi connectivity index (χ2n) is 19.5. The number of piperazine rings is 1. The predicted octanol–water partition coefficient (Wildman–Crippen LogP) is 8.35. The average Bonchev–Trinajstić information content (AvgIpc) is 3.96. The molecule has 1 aliphatic heterocycles. The summed E-state index contributed by atoms with van der Waals surface area (Å²) in [6.45, 7) is 20.4. The van der Waals surface area contributed by atoms with Crippen LogP contribution in [-0.4, -0.2) is 94.6 Å². The Bertz CT molecular complexity index is 3330. The fourth-order valence-corrected chi connectivity index (χ4v) is 10.3. The molecule has 366 valence electrons. The van der Waals surface area contributed by atoms with Crippen molar-refractivity contribution in [3.63, 3.8) is 0 Å². The molecule has 5 heterocycles. The van der Waals surface area contributed by atoms with Gasteiger partial charge in [0.25, 0.3) is 20.0 Å². The van der Waals surface area contributed by atoms with Crippen molar-refractivity contribution in [2.75, 3.05) is 35.8 Å². The largest absolute Gasteiger partial charge is 0.444 e. The maximum atomic E-state index is 15.1. The summed E-state index contributed by atoms with van der Waals surface area (Å²) in [4.78, 5) is 48.1. The number of aryl methyl sites for hydroxylation is 3. The van der Waals surface area contributed by atoms with E-state index >= 15 is 8.42 Å². The molecule has 18 nitrogen and oxygen atoms in total. The lowest BCUT2D eigenvalue weighted by Gasteiger charge is -2.36. The van der Waals surface area contributed by atoms with Gasteiger partial charge in [0.15, 0.2) is 11.5 Å². The molecule has 0 aliphatic carbocycles. The van der Waals surface area contributed by atoms with Crippen LogP contribution >= 0.6 is 0 Å². The molecule has 1 aliphatic rings. The van der Waals surface area contributed by atoms with Crippen molar-refractivity contribution in [1.82, 2.24) is 39.3 Å². The van der Waals surface area contributed by atoms with Crippen molar-refractivity contribution >= 4 is 54.8 Å². The van der Waals surface area contributed by atoms with Crippen LogP contribution in [0.5, 0.6) is 0 Å². The minimum Gasteiger partial charge on any atom is -0.444 e. The van der Waals surface area contributed by atoms with Crippen LogP contribution in [-0.2, 0) is 30.2 Å². The van der Waals surface area contributed by atoms with Gasteiger partial charge < -0.3 is 24.4 Å². The summed E-state index contributed by atoms with van der Waals surface area (Å²) in [5.74, 6) is -0.0689. The van der Waals surface area contributed by atoms with Crippen molar-refractivity contribution < 1.29 is 35.7 Å². The Morgan fingerprint density at radius 2 is 1.39 bits per heavy atom. The van der Waals surface area contributed by atoms with E-state index in [-0.39, 0.29) is 44.8 Å². The second-order valence-corrected chi connectivity index (χ2v) is 22.9. The smallest absolute Gasteiger partial charge is 0.410 e. The molecule has 4 aromatic heterocycles. The van der Waals surface area contributed by atoms with Gasteiger partial charge in [-0.2, -0.15) is 9.97 Å². The highest BCUT2D eigenvalue weighted by Crippen LogP contribution is 2.38. The molecule has 20 heteroatoms. The maximum absolute atomic E-state index is 15.1. The molecule has 7 aromatic rings.